The van der Waals surface area contributed by atoms with E-state index in [1.165, 1.54) is 34.6 Å². The molecule has 0 atom stereocenters. The van der Waals surface area contributed by atoms with Gasteiger partial charge in [-0.25, -0.2) is 25.5 Å². The molecule has 2 aromatic rings. The second-order valence-corrected chi connectivity index (χ2v) is 12.3. The fourth-order valence-corrected chi connectivity index (χ4v) is 7.57. The van der Waals surface area contributed by atoms with Gasteiger partial charge in [-0.2, -0.15) is 4.31 Å². The standard InChI is InChI=1S/C21H24FN3O5S2/c1-21(2)15-31(27,28)25(20(21)26)16-7-9-17(10-8-16)32(29,30)24-13-11-23(12-14-24)19-6-4-3-5-18(19)22/h3-10H,11-15H2,1-2H3. The molecule has 4 rings (SSSR count). The molecular weight excluding hydrogens is 457 g/mol. The normalized spacial score (nSPS) is 21.2. The molecular formula is C21H24FN3O5S2. The smallest absolute Gasteiger partial charge is 0.247 e. The summed E-state index contributed by atoms with van der Waals surface area (Å²) in [4.78, 5) is 14.3. The number of hydrogen-bond acceptors (Lipinski definition) is 6. The fourth-order valence-electron chi connectivity index (χ4n) is 4.04. The first-order chi connectivity index (χ1) is 14.9. The molecule has 0 radical (unpaired) electrons. The maximum atomic E-state index is 14.0. The lowest BCUT2D eigenvalue weighted by Crippen LogP contribution is -2.48. The van der Waals surface area contributed by atoms with Gasteiger partial charge in [0.05, 0.1) is 27.4 Å². The summed E-state index contributed by atoms with van der Waals surface area (Å²) in [5.74, 6) is -1.20. The summed E-state index contributed by atoms with van der Waals surface area (Å²) in [6.07, 6.45) is 0. The number of piperazine rings is 1. The molecule has 2 aromatic carbocycles. The number of amides is 1. The third kappa shape index (κ3) is 3.89. The van der Waals surface area contributed by atoms with E-state index in [1.54, 1.807) is 36.9 Å². The minimum Gasteiger partial charge on any atom is -0.367 e. The van der Waals surface area contributed by atoms with Crippen LogP contribution in [0.15, 0.2) is 53.4 Å². The fraction of sp³-hybridized carbons (Fsp3) is 0.381. The SMILES string of the molecule is CC1(C)CS(=O)(=O)N(c2ccc(S(=O)(=O)N3CCN(c4ccccc4F)CC3)cc2)C1=O. The van der Waals surface area contributed by atoms with Crippen molar-refractivity contribution >= 4 is 37.3 Å². The van der Waals surface area contributed by atoms with E-state index in [4.69, 9.17) is 0 Å². The molecule has 2 fully saturated rings. The van der Waals surface area contributed by atoms with E-state index in [0.29, 0.717) is 18.8 Å². The van der Waals surface area contributed by atoms with Gasteiger partial charge in [0.1, 0.15) is 5.82 Å². The van der Waals surface area contributed by atoms with E-state index in [1.807, 2.05) is 0 Å². The number of nitrogens with zero attached hydrogens (tertiary/aromatic N) is 3. The molecule has 2 heterocycles. The van der Waals surface area contributed by atoms with Crippen molar-refractivity contribution in [2.75, 3.05) is 41.1 Å². The van der Waals surface area contributed by atoms with Crippen molar-refractivity contribution < 1.29 is 26.0 Å². The topological polar surface area (TPSA) is 95.1 Å². The maximum absolute atomic E-state index is 14.0. The Morgan fingerprint density at radius 3 is 2.06 bits per heavy atom. The number of rotatable bonds is 4. The highest BCUT2D eigenvalue weighted by molar-refractivity contribution is 7.94. The second kappa shape index (κ2) is 7.82. The van der Waals surface area contributed by atoms with E-state index in [2.05, 4.69) is 0 Å². The van der Waals surface area contributed by atoms with E-state index >= 15 is 0 Å². The lowest BCUT2D eigenvalue weighted by atomic mass is 9.95. The van der Waals surface area contributed by atoms with Crippen molar-refractivity contribution in [1.82, 2.24) is 4.31 Å². The van der Waals surface area contributed by atoms with Crippen molar-refractivity contribution in [3.8, 4) is 0 Å². The predicted molar refractivity (Wildman–Crippen MR) is 119 cm³/mol. The van der Waals surface area contributed by atoms with Gasteiger partial charge in [0.15, 0.2) is 0 Å². The molecule has 2 aliphatic heterocycles. The van der Waals surface area contributed by atoms with Crippen LogP contribution in [0.4, 0.5) is 15.8 Å². The van der Waals surface area contributed by atoms with Gasteiger partial charge in [0, 0.05) is 26.2 Å². The van der Waals surface area contributed by atoms with Crippen molar-refractivity contribution in [2.45, 2.75) is 18.7 Å². The zero-order valence-corrected chi connectivity index (χ0v) is 19.4. The van der Waals surface area contributed by atoms with Crippen molar-refractivity contribution in [1.29, 1.82) is 0 Å². The number of anilines is 2. The first-order valence-corrected chi connectivity index (χ1v) is 13.2. The molecule has 11 heteroatoms. The summed E-state index contributed by atoms with van der Waals surface area (Å²) in [5.41, 5.74) is -0.487. The zero-order valence-electron chi connectivity index (χ0n) is 17.7. The zero-order chi connectivity index (χ0) is 23.3. The third-order valence-electron chi connectivity index (χ3n) is 5.73. The number of halogens is 1. The number of hydrogen-bond donors (Lipinski definition) is 0. The van der Waals surface area contributed by atoms with Crippen LogP contribution in [0.1, 0.15) is 13.8 Å². The first-order valence-electron chi connectivity index (χ1n) is 10.1. The highest BCUT2D eigenvalue weighted by atomic mass is 32.2. The number of benzene rings is 2. The molecule has 2 saturated heterocycles. The predicted octanol–water partition coefficient (Wildman–Crippen LogP) is 2.04. The van der Waals surface area contributed by atoms with Crippen LogP contribution in [0.3, 0.4) is 0 Å². The van der Waals surface area contributed by atoms with Crippen molar-refractivity contribution in [3.05, 3.63) is 54.3 Å². The molecule has 0 unspecified atom stereocenters. The summed E-state index contributed by atoms with van der Waals surface area (Å²) in [6, 6.07) is 11.6. The Labute approximate surface area is 187 Å². The van der Waals surface area contributed by atoms with Crippen LogP contribution in [0.25, 0.3) is 0 Å². The van der Waals surface area contributed by atoms with Gasteiger partial charge in [-0.1, -0.05) is 12.1 Å². The number of carbonyl (C=O) groups is 1. The number of carbonyl (C=O) groups excluding carboxylic acids is 1. The van der Waals surface area contributed by atoms with Gasteiger partial charge < -0.3 is 4.90 Å². The lowest BCUT2D eigenvalue weighted by Gasteiger charge is -2.35. The molecule has 32 heavy (non-hydrogen) atoms. The van der Waals surface area contributed by atoms with Crippen LogP contribution in [-0.4, -0.2) is 59.0 Å². The van der Waals surface area contributed by atoms with Crippen molar-refractivity contribution in [2.24, 2.45) is 5.41 Å². The highest BCUT2D eigenvalue weighted by Gasteiger charge is 2.50. The molecule has 0 aliphatic carbocycles. The van der Waals surface area contributed by atoms with E-state index < -0.39 is 31.4 Å². The molecule has 0 N–H and O–H groups in total. The van der Waals surface area contributed by atoms with Crippen LogP contribution in [0.5, 0.6) is 0 Å². The van der Waals surface area contributed by atoms with Crippen LogP contribution in [-0.2, 0) is 24.8 Å². The molecule has 0 saturated carbocycles. The van der Waals surface area contributed by atoms with Gasteiger partial charge in [-0.05, 0) is 50.2 Å². The quantitative estimate of drug-likeness (QED) is 0.663. The largest absolute Gasteiger partial charge is 0.367 e. The van der Waals surface area contributed by atoms with Gasteiger partial charge in [-0.15, -0.1) is 0 Å². The molecule has 8 nitrogen and oxygen atoms in total. The first kappa shape index (κ1) is 22.7. The summed E-state index contributed by atoms with van der Waals surface area (Å²) < 4.78 is 67.1. The van der Waals surface area contributed by atoms with Gasteiger partial charge >= 0.3 is 0 Å². The Bertz CT molecular complexity index is 1250. The summed E-state index contributed by atoms with van der Waals surface area (Å²) in [7, 11) is -7.64. The number of sulfonamides is 2. The Balaban J connectivity index is 1.51. The van der Waals surface area contributed by atoms with E-state index in [0.717, 1.165) is 4.31 Å². The summed E-state index contributed by atoms with van der Waals surface area (Å²) in [5, 5.41) is 0. The van der Waals surface area contributed by atoms with Gasteiger partial charge in [-0.3, -0.25) is 4.79 Å². The minimum atomic E-state index is -3.82. The van der Waals surface area contributed by atoms with Crippen LogP contribution in [0.2, 0.25) is 0 Å². The Hall–Kier alpha value is -2.50. The van der Waals surface area contributed by atoms with Crippen LogP contribution < -0.4 is 9.21 Å². The van der Waals surface area contributed by atoms with Crippen molar-refractivity contribution in [3.63, 3.8) is 0 Å². The molecule has 172 valence electrons. The molecule has 0 spiro atoms. The molecule has 0 bridgehead atoms. The Kier molecular flexibility index (Phi) is 5.54. The molecule has 2 aliphatic rings. The summed E-state index contributed by atoms with van der Waals surface area (Å²) >= 11 is 0. The van der Waals surface area contributed by atoms with Crippen LogP contribution >= 0.6 is 0 Å². The molecule has 1 amide bonds. The maximum Gasteiger partial charge on any atom is 0.247 e. The third-order valence-corrected chi connectivity index (χ3v) is 9.66. The Morgan fingerprint density at radius 2 is 1.53 bits per heavy atom. The second-order valence-electron chi connectivity index (χ2n) is 8.55. The lowest BCUT2D eigenvalue weighted by molar-refractivity contribution is -0.123. The van der Waals surface area contributed by atoms with Gasteiger partial charge in [0.25, 0.3) is 0 Å². The van der Waals surface area contributed by atoms with Crippen LogP contribution in [0, 0.1) is 11.2 Å². The van der Waals surface area contributed by atoms with Gasteiger partial charge in [0.2, 0.25) is 26.0 Å². The molecule has 0 aromatic heterocycles. The monoisotopic (exact) mass is 481 g/mol. The summed E-state index contributed by atoms with van der Waals surface area (Å²) in [6.45, 7) is 4.18. The average molecular weight is 482 g/mol. The highest BCUT2D eigenvalue weighted by Crippen LogP contribution is 2.36. The number of para-hydroxylation sites is 1. The average Bonchev–Trinajstić information content (AvgIpc) is 2.90. The minimum absolute atomic E-state index is 0.00361. The van der Waals surface area contributed by atoms with E-state index in [9.17, 15) is 26.0 Å². The Morgan fingerprint density at radius 1 is 0.938 bits per heavy atom. The van der Waals surface area contributed by atoms with E-state index in [-0.39, 0.29) is 35.2 Å².